The van der Waals surface area contributed by atoms with E-state index >= 15 is 0 Å². The molecule has 0 saturated heterocycles. The summed E-state index contributed by atoms with van der Waals surface area (Å²) in [4.78, 5) is 11.4. The van der Waals surface area contributed by atoms with Crippen molar-refractivity contribution in [2.75, 3.05) is 6.26 Å². The summed E-state index contributed by atoms with van der Waals surface area (Å²) in [5.74, 6) is -1.22. The number of carbonyl (C=O) groups is 1. The Labute approximate surface area is 132 Å². The molecule has 0 amide bonds. The minimum absolute atomic E-state index is 0.217. The van der Waals surface area contributed by atoms with E-state index in [4.69, 9.17) is 0 Å². The molecule has 0 aromatic heterocycles. The molecule has 2 rings (SSSR count). The van der Waals surface area contributed by atoms with E-state index in [1.54, 1.807) is 0 Å². The molecule has 0 heterocycles. The van der Waals surface area contributed by atoms with Crippen molar-refractivity contribution in [3.8, 4) is 0 Å². The first-order valence-corrected chi connectivity index (χ1v) is 9.73. The lowest BCUT2D eigenvalue weighted by Gasteiger charge is -2.39. The molecule has 0 radical (unpaired) electrons. The zero-order chi connectivity index (χ0) is 16.2. The van der Waals surface area contributed by atoms with Crippen molar-refractivity contribution < 1.29 is 18.3 Å². The third-order valence-corrected chi connectivity index (χ3v) is 6.15. The highest BCUT2D eigenvalue weighted by molar-refractivity contribution is 7.92. The lowest BCUT2D eigenvalue weighted by Crippen LogP contribution is -2.38. The number of benzene rings is 1. The van der Waals surface area contributed by atoms with E-state index in [-0.39, 0.29) is 11.8 Å². The van der Waals surface area contributed by atoms with Gasteiger partial charge in [-0.25, -0.2) is 8.42 Å². The highest BCUT2D eigenvalue weighted by Gasteiger charge is 2.40. The Kier molecular flexibility index (Phi) is 5.27. The zero-order valence-electron chi connectivity index (χ0n) is 13.0. The van der Waals surface area contributed by atoms with Crippen LogP contribution in [-0.2, 0) is 21.1 Å². The van der Waals surface area contributed by atoms with Crippen LogP contribution in [0.25, 0.3) is 0 Å². The van der Waals surface area contributed by atoms with E-state index in [1.807, 2.05) is 30.3 Å². The minimum atomic E-state index is -3.59. The largest absolute Gasteiger partial charge is 0.480 e. The average Bonchev–Trinajstić information content (AvgIpc) is 2.45. The van der Waals surface area contributed by atoms with Gasteiger partial charge in [-0.15, -0.1) is 0 Å². The summed E-state index contributed by atoms with van der Waals surface area (Å²) in [5.41, 5.74) is 0.938. The Bertz CT molecular complexity index is 601. The van der Waals surface area contributed by atoms with Crippen molar-refractivity contribution >= 4 is 15.8 Å². The summed E-state index contributed by atoms with van der Waals surface area (Å²) >= 11 is 0. The molecule has 1 aliphatic carbocycles. The highest BCUT2D eigenvalue weighted by Crippen LogP contribution is 2.43. The van der Waals surface area contributed by atoms with Crippen LogP contribution >= 0.6 is 0 Å². The van der Waals surface area contributed by atoms with Gasteiger partial charge in [0, 0.05) is 6.26 Å². The van der Waals surface area contributed by atoms with Crippen molar-refractivity contribution in [1.82, 2.24) is 0 Å². The molecule has 1 atom stereocenters. The fourth-order valence-electron chi connectivity index (χ4n) is 3.60. The van der Waals surface area contributed by atoms with Gasteiger partial charge >= 0.3 is 5.97 Å². The number of rotatable bonds is 6. The first-order chi connectivity index (χ1) is 10.3. The van der Waals surface area contributed by atoms with Gasteiger partial charge < -0.3 is 5.11 Å². The molecule has 0 spiro atoms. The normalized spacial score (nSPS) is 19.5. The number of carboxylic acid groups (broad SMARTS) is 1. The van der Waals surface area contributed by atoms with Crippen LogP contribution in [0.2, 0.25) is 0 Å². The number of hydrogen-bond donors (Lipinski definition) is 1. The molecule has 4 nitrogen and oxygen atoms in total. The molecule has 1 fully saturated rings. The van der Waals surface area contributed by atoms with Crippen LogP contribution in [0.4, 0.5) is 0 Å². The molecule has 0 bridgehead atoms. The maximum Gasteiger partial charge on any atom is 0.321 e. The summed E-state index contributed by atoms with van der Waals surface area (Å²) < 4.78 is 23.7. The number of hydrogen-bond acceptors (Lipinski definition) is 3. The predicted octanol–water partition coefficient (Wildman–Crippen LogP) is 3.07. The first-order valence-electron chi connectivity index (χ1n) is 7.78. The predicted molar refractivity (Wildman–Crippen MR) is 86.5 cm³/mol. The van der Waals surface area contributed by atoms with Crippen molar-refractivity contribution in [2.24, 2.45) is 5.41 Å². The Balaban J connectivity index is 2.27. The van der Waals surface area contributed by atoms with Gasteiger partial charge in [0.25, 0.3) is 0 Å². The summed E-state index contributed by atoms with van der Waals surface area (Å²) in [6.45, 7) is 0. The average molecular weight is 324 g/mol. The highest BCUT2D eigenvalue weighted by atomic mass is 32.2. The Morgan fingerprint density at radius 2 is 1.77 bits per heavy atom. The second-order valence-corrected chi connectivity index (χ2v) is 8.81. The molecule has 1 N–H and O–H groups in total. The number of sulfone groups is 1. The second-order valence-electron chi connectivity index (χ2n) is 6.58. The van der Waals surface area contributed by atoms with Crippen LogP contribution in [0.3, 0.4) is 0 Å². The van der Waals surface area contributed by atoms with Crippen LogP contribution in [-0.4, -0.2) is 31.0 Å². The number of aliphatic carboxylic acids is 1. The quantitative estimate of drug-likeness (QED) is 0.873. The lowest BCUT2D eigenvalue weighted by molar-refractivity contribution is -0.137. The van der Waals surface area contributed by atoms with Gasteiger partial charge in [-0.2, -0.15) is 0 Å². The van der Waals surface area contributed by atoms with E-state index in [9.17, 15) is 18.3 Å². The van der Waals surface area contributed by atoms with Gasteiger partial charge in [0.15, 0.2) is 15.1 Å². The fourth-order valence-corrected chi connectivity index (χ4v) is 4.62. The molecule has 1 aromatic carbocycles. The van der Waals surface area contributed by atoms with Crippen molar-refractivity contribution in [1.29, 1.82) is 0 Å². The standard InChI is InChI=1S/C17H24O4S/c1-22(20,21)15(16(18)19)13-17(10-6-3-7-11-17)12-14-8-4-2-5-9-14/h2,4-5,8-9,15H,3,6-7,10-13H2,1H3,(H,18,19). The van der Waals surface area contributed by atoms with E-state index in [0.29, 0.717) is 0 Å². The zero-order valence-corrected chi connectivity index (χ0v) is 13.8. The van der Waals surface area contributed by atoms with E-state index in [0.717, 1.165) is 50.3 Å². The van der Waals surface area contributed by atoms with Crippen molar-refractivity contribution in [2.45, 2.75) is 50.2 Å². The van der Waals surface area contributed by atoms with Gasteiger partial charge in [0.2, 0.25) is 0 Å². The van der Waals surface area contributed by atoms with Crippen LogP contribution in [0.15, 0.2) is 30.3 Å². The van der Waals surface area contributed by atoms with Gasteiger partial charge in [0.05, 0.1) is 0 Å². The van der Waals surface area contributed by atoms with Gasteiger partial charge in [0.1, 0.15) is 0 Å². The topological polar surface area (TPSA) is 71.4 Å². The molecule has 1 aromatic rings. The first kappa shape index (κ1) is 17.0. The van der Waals surface area contributed by atoms with Gasteiger partial charge in [-0.05, 0) is 36.7 Å². The summed E-state index contributed by atoms with van der Waals surface area (Å²) in [5, 5.41) is 8.04. The molecular formula is C17H24O4S. The molecular weight excluding hydrogens is 300 g/mol. The molecule has 1 unspecified atom stereocenters. The summed E-state index contributed by atoms with van der Waals surface area (Å²) in [6.07, 6.45) is 7.05. The second kappa shape index (κ2) is 6.82. The summed E-state index contributed by atoms with van der Waals surface area (Å²) in [7, 11) is -3.59. The van der Waals surface area contributed by atoms with Gasteiger partial charge in [-0.1, -0.05) is 49.6 Å². The maximum atomic E-state index is 11.9. The molecule has 0 aliphatic heterocycles. The van der Waals surface area contributed by atoms with Crippen molar-refractivity contribution in [3.05, 3.63) is 35.9 Å². The maximum absolute atomic E-state index is 11.9. The molecule has 1 saturated carbocycles. The minimum Gasteiger partial charge on any atom is -0.480 e. The van der Waals surface area contributed by atoms with E-state index in [1.165, 1.54) is 0 Å². The molecule has 1 aliphatic rings. The number of carboxylic acids is 1. The third kappa shape index (κ3) is 4.32. The lowest BCUT2D eigenvalue weighted by atomic mass is 9.67. The third-order valence-electron chi connectivity index (χ3n) is 4.75. The molecule has 5 heteroatoms. The van der Waals surface area contributed by atoms with Crippen LogP contribution in [0, 0.1) is 5.41 Å². The van der Waals surface area contributed by atoms with E-state index < -0.39 is 21.1 Å². The monoisotopic (exact) mass is 324 g/mol. The van der Waals surface area contributed by atoms with Gasteiger partial charge in [-0.3, -0.25) is 4.79 Å². The SMILES string of the molecule is CS(=O)(=O)C(CC1(Cc2ccccc2)CCCCC1)C(=O)O. The smallest absolute Gasteiger partial charge is 0.321 e. The Morgan fingerprint density at radius 1 is 1.18 bits per heavy atom. The van der Waals surface area contributed by atoms with Crippen LogP contribution in [0.5, 0.6) is 0 Å². The van der Waals surface area contributed by atoms with Crippen LogP contribution in [0.1, 0.15) is 44.1 Å². The Hall–Kier alpha value is -1.36. The molecule has 22 heavy (non-hydrogen) atoms. The van der Waals surface area contributed by atoms with Crippen LogP contribution < -0.4 is 0 Å². The van der Waals surface area contributed by atoms with E-state index in [2.05, 4.69) is 0 Å². The molecule has 122 valence electrons. The fraction of sp³-hybridized carbons (Fsp3) is 0.588. The Morgan fingerprint density at radius 3 is 2.27 bits per heavy atom. The van der Waals surface area contributed by atoms with Crippen molar-refractivity contribution in [3.63, 3.8) is 0 Å². The summed E-state index contributed by atoms with van der Waals surface area (Å²) in [6, 6.07) is 9.96.